The minimum absolute atomic E-state index is 0.0248. The molecule has 1 saturated heterocycles. The number of pyridine rings is 1. The van der Waals surface area contributed by atoms with Gasteiger partial charge in [0.25, 0.3) is 11.5 Å². The van der Waals surface area contributed by atoms with Gasteiger partial charge in [-0.05, 0) is 48.9 Å². The average molecular weight is 411 g/mol. The van der Waals surface area contributed by atoms with Crippen molar-refractivity contribution in [1.29, 1.82) is 0 Å². The molecule has 5 nitrogen and oxygen atoms in total. The van der Waals surface area contributed by atoms with Crippen molar-refractivity contribution >= 4 is 28.4 Å². The van der Waals surface area contributed by atoms with Gasteiger partial charge in [0, 0.05) is 18.7 Å². The van der Waals surface area contributed by atoms with E-state index < -0.39 is 0 Å². The molecule has 1 aromatic heterocycles. The van der Waals surface area contributed by atoms with Crippen LogP contribution in [-0.4, -0.2) is 35.0 Å². The lowest BCUT2D eigenvalue weighted by molar-refractivity contribution is 0.0506. The smallest absolute Gasteiger partial charge is 0.255 e. The van der Waals surface area contributed by atoms with Crippen molar-refractivity contribution in [2.75, 3.05) is 13.2 Å². The number of aromatic nitrogens is 1. The molecule has 1 fully saturated rings. The van der Waals surface area contributed by atoms with Crippen LogP contribution in [0.15, 0.2) is 53.3 Å². The number of hydrogen-bond acceptors (Lipinski definition) is 3. The maximum absolute atomic E-state index is 13.3. The highest BCUT2D eigenvalue weighted by molar-refractivity contribution is 6.33. The molecular weight excluding hydrogens is 388 g/mol. The molecule has 0 spiro atoms. The van der Waals surface area contributed by atoms with Crippen molar-refractivity contribution in [3.8, 4) is 0 Å². The van der Waals surface area contributed by atoms with Gasteiger partial charge in [0.2, 0.25) is 0 Å². The van der Waals surface area contributed by atoms with E-state index in [0.717, 1.165) is 29.3 Å². The van der Waals surface area contributed by atoms with Gasteiger partial charge < -0.3 is 14.6 Å². The SMILES string of the molecule is Cc1cccc2cc(CN(C[C@@H]3CCCO3)C(=O)c3ccccc3Cl)c(=O)[nH]c12. The second-order valence-corrected chi connectivity index (χ2v) is 7.87. The second kappa shape index (κ2) is 8.39. The molecule has 29 heavy (non-hydrogen) atoms. The van der Waals surface area contributed by atoms with Crippen LogP contribution in [0, 0.1) is 6.92 Å². The van der Waals surface area contributed by atoms with Crippen LogP contribution in [0.3, 0.4) is 0 Å². The Hall–Kier alpha value is -2.63. The molecule has 2 heterocycles. The number of nitrogens with zero attached hydrogens (tertiary/aromatic N) is 1. The molecule has 3 aromatic rings. The predicted octanol–water partition coefficient (Wildman–Crippen LogP) is 4.31. The molecule has 0 aliphatic carbocycles. The van der Waals surface area contributed by atoms with Crippen LogP contribution in [0.1, 0.15) is 34.3 Å². The summed E-state index contributed by atoms with van der Waals surface area (Å²) < 4.78 is 5.74. The number of rotatable bonds is 5. The van der Waals surface area contributed by atoms with Crippen LogP contribution < -0.4 is 5.56 Å². The van der Waals surface area contributed by atoms with Crippen molar-refractivity contribution in [2.45, 2.75) is 32.4 Å². The van der Waals surface area contributed by atoms with Crippen molar-refractivity contribution in [3.05, 3.63) is 80.6 Å². The maximum atomic E-state index is 13.3. The first-order valence-electron chi connectivity index (χ1n) is 9.80. The quantitative estimate of drug-likeness (QED) is 0.681. The number of aryl methyl sites for hydroxylation is 1. The van der Waals surface area contributed by atoms with Gasteiger partial charge in [-0.3, -0.25) is 9.59 Å². The van der Waals surface area contributed by atoms with Crippen LogP contribution in [0.4, 0.5) is 0 Å². The Balaban J connectivity index is 1.69. The van der Waals surface area contributed by atoms with E-state index in [4.69, 9.17) is 16.3 Å². The molecule has 0 saturated carbocycles. The van der Waals surface area contributed by atoms with Crippen molar-refractivity contribution < 1.29 is 9.53 Å². The molecule has 1 aliphatic rings. The fourth-order valence-electron chi connectivity index (χ4n) is 3.81. The van der Waals surface area contributed by atoms with Crippen LogP contribution in [0.2, 0.25) is 5.02 Å². The molecule has 1 aliphatic heterocycles. The molecule has 150 valence electrons. The number of para-hydroxylation sites is 1. The Morgan fingerprint density at radius 1 is 1.24 bits per heavy atom. The number of hydrogen-bond donors (Lipinski definition) is 1. The monoisotopic (exact) mass is 410 g/mol. The summed E-state index contributed by atoms with van der Waals surface area (Å²) in [5.41, 5.74) is 2.62. The first-order valence-corrected chi connectivity index (χ1v) is 10.2. The summed E-state index contributed by atoms with van der Waals surface area (Å²) in [4.78, 5) is 30.6. The molecule has 2 aromatic carbocycles. The number of fused-ring (bicyclic) bond motifs is 1. The van der Waals surface area contributed by atoms with E-state index in [2.05, 4.69) is 4.98 Å². The van der Waals surface area contributed by atoms with E-state index in [1.54, 1.807) is 29.2 Å². The summed E-state index contributed by atoms with van der Waals surface area (Å²) in [6, 6.07) is 14.7. The van der Waals surface area contributed by atoms with Gasteiger partial charge in [0.1, 0.15) is 0 Å². The van der Waals surface area contributed by atoms with E-state index in [1.807, 2.05) is 31.2 Å². The Morgan fingerprint density at radius 2 is 2.07 bits per heavy atom. The van der Waals surface area contributed by atoms with Crippen LogP contribution in [0.5, 0.6) is 0 Å². The average Bonchev–Trinajstić information content (AvgIpc) is 3.22. The lowest BCUT2D eigenvalue weighted by Gasteiger charge is -2.26. The number of carbonyl (C=O) groups is 1. The van der Waals surface area contributed by atoms with Gasteiger partial charge in [-0.2, -0.15) is 0 Å². The summed E-state index contributed by atoms with van der Waals surface area (Å²) >= 11 is 6.26. The van der Waals surface area contributed by atoms with Gasteiger partial charge in [-0.25, -0.2) is 0 Å². The number of halogens is 1. The van der Waals surface area contributed by atoms with E-state index in [9.17, 15) is 9.59 Å². The number of carbonyl (C=O) groups excluding carboxylic acids is 1. The van der Waals surface area contributed by atoms with Crippen molar-refractivity contribution in [1.82, 2.24) is 9.88 Å². The lowest BCUT2D eigenvalue weighted by Crippen LogP contribution is -2.38. The number of H-pyrrole nitrogens is 1. The minimum atomic E-state index is -0.199. The van der Waals surface area contributed by atoms with E-state index in [1.165, 1.54) is 0 Å². The van der Waals surface area contributed by atoms with Crippen LogP contribution >= 0.6 is 11.6 Å². The Labute approximate surface area is 174 Å². The second-order valence-electron chi connectivity index (χ2n) is 7.46. The summed E-state index contributed by atoms with van der Waals surface area (Å²) in [6.45, 7) is 3.29. The number of amides is 1. The zero-order valence-corrected chi connectivity index (χ0v) is 17.0. The largest absolute Gasteiger partial charge is 0.376 e. The van der Waals surface area contributed by atoms with Gasteiger partial charge in [-0.1, -0.05) is 41.9 Å². The normalized spacial score (nSPS) is 16.3. The van der Waals surface area contributed by atoms with Crippen molar-refractivity contribution in [2.24, 2.45) is 0 Å². The first-order chi connectivity index (χ1) is 14.0. The van der Waals surface area contributed by atoms with Crippen LogP contribution in [-0.2, 0) is 11.3 Å². The summed E-state index contributed by atoms with van der Waals surface area (Å²) in [5.74, 6) is -0.199. The standard InChI is InChI=1S/C23H23ClN2O3/c1-15-6-4-7-16-12-17(22(27)25-21(15)16)13-26(14-18-8-5-11-29-18)23(28)19-9-2-3-10-20(19)24/h2-4,6-7,9-10,12,18H,5,8,11,13-14H2,1H3,(H,25,27)/t18-/m0/s1. The molecule has 1 amide bonds. The fraction of sp³-hybridized carbons (Fsp3) is 0.304. The minimum Gasteiger partial charge on any atom is -0.376 e. The Kier molecular flexibility index (Phi) is 5.69. The Morgan fingerprint density at radius 3 is 2.83 bits per heavy atom. The lowest BCUT2D eigenvalue weighted by atomic mass is 10.1. The van der Waals surface area contributed by atoms with Gasteiger partial charge >= 0.3 is 0 Å². The predicted molar refractivity (Wildman–Crippen MR) is 114 cm³/mol. The van der Waals surface area contributed by atoms with E-state index in [-0.39, 0.29) is 24.1 Å². The van der Waals surface area contributed by atoms with Gasteiger partial charge in [0.15, 0.2) is 0 Å². The molecule has 1 atom stereocenters. The molecule has 0 bridgehead atoms. The highest BCUT2D eigenvalue weighted by atomic mass is 35.5. The molecule has 6 heteroatoms. The number of benzene rings is 2. The fourth-order valence-corrected chi connectivity index (χ4v) is 4.03. The maximum Gasteiger partial charge on any atom is 0.255 e. The van der Waals surface area contributed by atoms with Gasteiger partial charge in [-0.15, -0.1) is 0 Å². The highest BCUT2D eigenvalue weighted by Crippen LogP contribution is 2.22. The highest BCUT2D eigenvalue weighted by Gasteiger charge is 2.25. The van der Waals surface area contributed by atoms with Gasteiger partial charge in [0.05, 0.1) is 28.8 Å². The third-order valence-corrected chi connectivity index (χ3v) is 5.70. The topological polar surface area (TPSA) is 62.4 Å². The number of ether oxygens (including phenoxy) is 1. The third kappa shape index (κ3) is 4.21. The van der Waals surface area contributed by atoms with E-state index >= 15 is 0 Å². The molecule has 0 unspecified atom stereocenters. The van der Waals surface area contributed by atoms with E-state index in [0.29, 0.717) is 29.3 Å². The summed E-state index contributed by atoms with van der Waals surface area (Å²) in [5, 5.41) is 1.35. The summed E-state index contributed by atoms with van der Waals surface area (Å²) in [7, 11) is 0. The molecule has 1 N–H and O–H groups in total. The number of aromatic amines is 1. The summed E-state index contributed by atoms with van der Waals surface area (Å²) in [6.07, 6.45) is 1.86. The van der Waals surface area contributed by atoms with Crippen LogP contribution in [0.25, 0.3) is 10.9 Å². The third-order valence-electron chi connectivity index (χ3n) is 5.37. The molecule has 0 radical (unpaired) electrons. The molecule has 4 rings (SSSR count). The number of nitrogens with one attached hydrogen (secondary N) is 1. The zero-order chi connectivity index (χ0) is 20.4. The molecular formula is C23H23ClN2O3. The Bertz CT molecular complexity index is 1100. The first kappa shape index (κ1) is 19.7. The van der Waals surface area contributed by atoms with Crippen molar-refractivity contribution in [3.63, 3.8) is 0 Å². The zero-order valence-electron chi connectivity index (χ0n) is 16.3.